The molecule has 21 heavy (non-hydrogen) atoms. The fraction of sp³-hybridized carbons (Fsp3) is 0.500. The van der Waals surface area contributed by atoms with Crippen LogP contribution in [0.3, 0.4) is 0 Å². The molecule has 1 atom stereocenters. The maximum atomic E-state index is 12.6. The van der Waals surface area contributed by atoms with E-state index in [1.807, 2.05) is 18.2 Å². The van der Waals surface area contributed by atoms with Crippen LogP contribution in [0, 0.1) is 0 Å². The SMILES string of the molecule is CC(N)(C(=O)NC1(CC(=O)O)CCCC1)c1ccccc1. The van der Waals surface area contributed by atoms with Gasteiger partial charge in [0.15, 0.2) is 0 Å². The zero-order valence-electron chi connectivity index (χ0n) is 12.3. The number of hydrogen-bond acceptors (Lipinski definition) is 3. The van der Waals surface area contributed by atoms with Crippen molar-refractivity contribution in [2.24, 2.45) is 5.73 Å². The predicted molar refractivity (Wildman–Crippen MR) is 79.6 cm³/mol. The number of aliphatic carboxylic acids is 1. The van der Waals surface area contributed by atoms with Gasteiger partial charge < -0.3 is 16.2 Å². The Kier molecular flexibility index (Phi) is 4.32. The molecule has 0 radical (unpaired) electrons. The van der Waals surface area contributed by atoms with Crippen molar-refractivity contribution in [3.63, 3.8) is 0 Å². The second kappa shape index (κ2) is 5.85. The van der Waals surface area contributed by atoms with Gasteiger partial charge in [-0.15, -0.1) is 0 Å². The van der Waals surface area contributed by atoms with Crippen LogP contribution >= 0.6 is 0 Å². The van der Waals surface area contributed by atoms with Crippen molar-refractivity contribution in [1.29, 1.82) is 0 Å². The number of amides is 1. The maximum Gasteiger partial charge on any atom is 0.305 e. The number of carboxylic acids is 1. The molecular formula is C16H22N2O3. The van der Waals surface area contributed by atoms with Crippen molar-refractivity contribution in [2.45, 2.75) is 50.1 Å². The van der Waals surface area contributed by atoms with Crippen molar-refractivity contribution < 1.29 is 14.7 Å². The van der Waals surface area contributed by atoms with Crippen molar-refractivity contribution >= 4 is 11.9 Å². The minimum absolute atomic E-state index is 0.0520. The summed E-state index contributed by atoms with van der Waals surface area (Å²) in [6.07, 6.45) is 3.19. The Morgan fingerprint density at radius 2 is 1.86 bits per heavy atom. The van der Waals surface area contributed by atoms with Crippen LogP contribution in [-0.4, -0.2) is 22.5 Å². The third-order valence-corrected chi connectivity index (χ3v) is 4.27. The van der Waals surface area contributed by atoms with Crippen LogP contribution in [0.1, 0.15) is 44.6 Å². The van der Waals surface area contributed by atoms with Crippen LogP contribution in [0.25, 0.3) is 0 Å². The van der Waals surface area contributed by atoms with E-state index >= 15 is 0 Å². The molecular weight excluding hydrogens is 268 g/mol. The Bertz CT molecular complexity index is 520. The van der Waals surface area contributed by atoms with Crippen LogP contribution in [-0.2, 0) is 15.1 Å². The molecule has 0 saturated heterocycles. The van der Waals surface area contributed by atoms with Gasteiger partial charge in [0.2, 0.25) is 5.91 Å². The zero-order valence-corrected chi connectivity index (χ0v) is 12.3. The van der Waals surface area contributed by atoms with Gasteiger partial charge in [0.1, 0.15) is 5.54 Å². The number of hydrogen-bond donors (Lipinski definition) is 3. The zero-order chi connectivity index (χ0) is 15.5. The molecule has 1 aromatic carbocycles. The second-order valence-electron chi connectivity index (χ2n) is 6.08. The fourth-order valence-corrected chi connectivity index (χ4v) is 2.97. The molecule has 1 unspecified atom stereocenters. The van der Waals surface area contributed by atoms with Crippen LogP contribution in [0.2, 0.25) is 0 Å². The van der Waals surface area contributed by atoms with E-state index in [1.165, 1.54) is 0 Å². The van der Waals surface area contributed by atoms with E-state index in [4.69, 9.17) is 10.8 Å². The number of carbonyl (C=O) groups excluding carboxylic acids is 1. The molecule has 2 rings (SSSR count). The van der Waals surface area contributed by atoms with E-state index in [9.17, 15) is 9.59 Å². The lowest BCUT2D eigenvalue weighted by atomic mass is 9.88. The summed E-state index contributed by atoms with van der Waals surface area (Å²) in [6, 6.07) is 9.13. The van der Waals surface area contributed by atoms with Crippen LogP contribution < -0.4 is 11.1 Å². The van der Waals surface area contributed by atoms with Crippen molar-refractivity contribution in [3.05, 3.63) is 35.9 Å². The van der Waals surface area contributed by atoms with Gasteiger partial charge in [0.25, 0.3) is 0 Å². The van der Waals surface area contributed by atoms with E-state index in [2.05, 4.69) is 5.32 Å². The first-order valence-electron chi connectivity index (χ1n) is 7.25. The Morgan fingerprint density at radius 3 is 2.38 bits per heavy atom. The third kappa shape index (κ3) is 3.42. The minimum Gasteiger partial charge on any atom is -0.481 e. The summed E-state index contributed by atoms with van der Waals surface area (Å²) in [6.45, 7) is 1.65. The highest BCUT2D eigenvalue weighted by atomic mass is 16.4. The number of benzene rings is 1. The van der Waals surface area contributed by atoms with Gasteiger partial charge in [-0.05, 0) is 25.3 Å². The molecule has 1 fully saturated rings. The largest absolute Gasteiger partial charge is 0.481 e. The molecule has 1 saturated carbocycles. The highest BCUT2D eigenvalue weighted by molar-refractivity contribution is 5.88. The van der Waals surface area contributed by atoms with Crippen LogP contribution in [0.15, 0.2) is 30.3 Å². The smallest absolute Gasteiger partial charge is 0.305 e. The first-order chi connectivity index (χ1) is 9.86. The summed E-state index contributed by atoms with van der Waals surface area (Å²) in [5.74, 6) is -1.22. The molecule has 0 spiro atoms. The van der Waals surface area contributed by atoms with Crippen molar-refractivity contribution in [3.8, 4) is 0 Å². The first kappa shape index (κ1) is 15.5. The molecule has 0 aliphatic heterocycles. The average molecular weight is 290 g/mol. The number of nitrogens with one attached hydrogen (secondary N) is 1. The van der Waals surface area contributed by atoms with Gasteiger partial charge in [-0.1, -0.05) is 43.2 Å². The Labute approximate surface area is 124 Å². The summed E-state index contributed by atoms with van der Waals surface area (Å²) >= 11 is 0. The third-order valence-electron chi connectivity index (χ3n) is 4.27. The number of rotatable bonds is 5. The van der Waals surface area contributed by atoms with Gasteiger partial charge in [0.05, 0.1) is 12.0 Å². The lowest BCUT2D eigenvalue weighted by Gasteiger charge is -2.33. The summed E-state index contributed by atoms with van der Waals surface area (Å²) in [5.41, 5.74) is 5.08. The molecule has 114 valence electrons. The quantitative estimate of drug-likeness (QED) is 0.770. The van der Waals surface area contributed by atoms with E-state index in [0.717, 1.165) is 12.8 Å². The number of carboxylic acid groups (broad SMARTS) is 1. The second-order valence-corrected chi connectivity index (χ2v) is 6.08. The van der Waals surface area contributed by atoms with Crippen LogP contribution in [0.5, 0.6) is 0 Å². The van der Waals surface area contributed by atoms with E-state index in [-0.39, 0.29) is 12.3 Å². The average Bonchev–Trinajstić information content (AvgIpc) is 2.87. The standard InChI is InChI=1S/C16H22N2O3/c1-15(17,12-7-3-2-4-8-12)14(21)18-16(11-13(19)20)9-5-6-10-16/h2-4,7-8H,5-6,9-11,17H2,1H3,(H,18,21)(H,19,20). The molecule has 0 aromatic heterocycles. The summed E-state index contributed by atoms with van der Waals surface area (Å²) in [4.78, 5) is 23.7. The lowest BCUT2D eigenvalue weighted by molar-refractivity contribution is -0.139. The normalized spacial score (nSPS) is 19.7. The molecule has 1 aliphatic rings. The number of nitrogens with two attached hydrogens (primary N) is 1. The Hall–Kier alpha value is -1.88. The number of carbonyl (C=O) groups is 2. The van der Waals surface area contributed by atoms with E-state index in [1.54, 1.807) is 19.1 Å². The molecule has 4 N–H and O–H groups in total. The molecule has 1 amide bonds. The molecule has 0 bridgehead atoms. The Morgan fingerprint density at radius 1 is 1.29 bits per heavy atom. The van der Waals surface area contributed by atoms with Crippen molar-refractivity contribution in [2.75, 3.05) is 0 Å². The lowest BCUT2D eigenvalue weighted by Crippen LogP contribution is -2.57. The van der Waals surface area contributed by atoms with Gasteiger partial charge in [-0.2, -0.15) is 0 Å². The van der Waals surface area contributed by atoms with Gasteiger partial charge in [-0.25, -0.2) is 0 Å². The monoisotopic (exact) mass is 290 g/mol. The summed E-state index contributed by atoms with van der Waals surface area (Å²) in [7, 11) is 0. The highest BCUT2D eigenvalue weighted by Gasteiger charge is 2.41. The summed E-state index contributed by atoms with van der Waals surface area (Å²) < 4.78 is 0. The minimum atomic E-state index is -1.17. The molecule has 1 aromatic rings. The van der Waals surface area contributed by atoms with E-state index < -0.39 is 17.0 Å². The topological polar surface area (TPSA) is 92.4 Å². The van der Waals surface area contributed by atoms with Crippen LogP contribution in [0.4, 0.5) is 0 Å². The molecule has 1 aliphatic carbocycles. The predicted octanol–water partition coefficient (Wildman–Crippen LogP) is 1.76. The molecule has 0 heterocycles. The van der Waals surface area contributed by atoms with Gasteiger partial charge in [-0.3, -0.25) is 9.59 Å². The Balaban J connectivity index is 2.17. The summed E-state index contributed by atoms with van der Waals surface area (Å²) in [5, 5.41) is 12.0. The van der Waals surface area contributed by atoms with Gasteiger partial charge >= 0.3 is 5.97 Å². The maximum absolute atomic E-state index is 12.6. The van der Waals surface area contributed by atoms with Gasteiger partial charge in [0, 0.05) is 0 Å². The highest BCUT2D eigenvalue weighted by Crippen LogP contribution is 2.33. The van der Waals surface area contributed by atoms with Crippen molar-refractivity contribution in [1.82, 2.24) is 5.32 Å². The molecule has 5 heteroatoms. The first-order valence-corrected chi connectivity index (χ1v) is 7.25. The molecule has 5 nitrogen and oxygen atoms in total. The fourth-order valence-electron chi connectivity index (χ4n) is 2.97. The van der Waals surface area contributed by atoms with E-state index in [0.29, 0.717) is 18.4 Å².